The fraction of sp³-hybridized carbons (Fsp3) is 0.360. The maximum Gasteiger partial charge on any atom is 0.338 e. The number of carbonyl (C=O) groups is 4. The summed E-state index contributed by atoms with van der Waals surface area (Å²) in [6, 6.07) is 7.70. The van der Waals surface area contributed by atoms with Crippen molar-refractivity contribution in [2.45, 2.75) is 39.8 Å². The van der Waals surface area contributed by atoms with Crippen molar-refractivity contribution < 1.29 is 33.1 Å². The van der Waals surface area contributed by atoms with Crippen LogP contribution in [0.3, 0.4) is 0 Å². The van der Waals surface area contributed by atoms with Crippen LogP contribution < -0.4 is 16.0 Å². The summed E-state index contributed by atoms with van der Waals surface area (Å²) in [4.78, 5) is 50.6. The van der Waals surface area contributed by atoms with Crippen molar-refractivity contribution in [1.29, 1.82) is 0 Å². The zero-order valence-corrected chi connectivity index (χ0v) is 20.0. The van der Waals surface area contributed by atoms with E-state index in [0.29, 0.717) is 11.3 Å². The van der Waals surface area contributed by atoms with E-state index in [1.54, 1.807) is 57.2 Å². The standard InChI is InChI=1S/C25H29N3O7/c1-5-33-23(30)19-17(26-25(32)28-21(19)18-7-6-12-34-18)13-35-24(31)20(14(2)3)27-22(29)16-10-8-15(4)9-11-16/h6-12,14,20-21H,5,13H2,1-4H3,(H,27,29)(H2,26,28,32)/t20-,21?/m0/s1. The Hall–Kier alpha value is -4.08. The fourth-order valence-corrected chi connectivity index (χ4v) is 3.51. The Morgan fingerprint density at radius 2 is 1.83 bits per heavy atom. The fourth-order valence-electron chi connectivity index (χ4n) is 3.51. The van der Waals surface area contributed by atoms with Gasteiger partial charge < -0.3 is 29.8 Å². The molecule has 1 aromatic heterocycles. The molecule has 3 rings (SSSR count). The molecule has 0 fully saturated rings. The molecule has 10 heteroatoms. The lowest BCUT2D eigenvalue weighted by atomic mass is 10.0. The zero-order valence-electron chi connectivity index (χ0n) is 20.0. The number of urea groups is 1. The largest absolute Gasteiger partial charge is 0.467 e. The Bertz CT molecular complexity index is 1100. The zero-order chi connectivity index (χ0) is 25.5. The molecule has 1 aromatic carbocycles. The van der Waals surface area contributed by atoms with E-state index in [9.17, 15) is 19.2 Å². The monoisotopic (exact) mass is 483 g/mol. The Kier molecular flexibility index (Phi) is 8.30. The van der Waals surface area contributed by atoms with Crippen LogP contribution in [-0.4, -0.2) is 43.1 Å². The minimum absolute atomic E-state index is 0.0546. The summed E-state index contributed by atoms with van der Waals surface area (Å²) in [5.74, 6) is -1.79. The van der Waals surface area contributed by atoms with Gasteiger partial charge >= 0.3 is 18.0 Å². The van der Waals surface area contributed by atoms with Gasteiger partial charge in [0.1, 0.15) is 24.5 Å². The highest BCUT2D eigenvalue weighted by Gasteiger charge is 2.36. The van der Waals surface area contributed by atoms with Gasteiger partial charge in [-0.3, -0.25) is 4.79 Å². The third-order valence-electron chi connectivity index (χ3n) is 5.36. The van der Waals surface area contributed by atoms with E-state index in [0.717, 1.165) is 5.56 Å². The van der Waals surface area contributed by atoms with Crippen LogP contribution in [-0.2, 0) is 19.1 Å². The van der Waals surface area contributed by atoms with E-state index >= 15 is 0 Å². The van der Waals surface area contributed by atoms with Crippen LogP contribution in [0.1, 0.15) is 48.5 Å². The molecule has 0 bridgehead atoms. The molecular formula is C25H29N3O7. The van der Waals surface area contributed by atoms with Crippen LogP contribution in [0.25, 0.3) is 0 Å². The van der Waals surface area contributed by atoms with E-state index in [-0.39, 0.29) is 23.8 Å². The highest BCUT2D eigenvalue weighted by atomic mass is 16.5. The molecule has 2 aromatic rings. The van der Waals surface area contributed by atoms with Gasteiger partial charge in [0.05, 0.1) is 24.1 Å². The van der Waals surface area contributed by atoms with Gasteiger partial charge in [-0.15, -0.1) is 0 Å². The minimum atomic E-state index is -0.950. The highest BCUT2D eigenvalue weighted by molar-refractivity contribution is 5.97. The van der Waals surface area contributed by atoms with Crippen molar-refractivity contribution >= 4 is 23.9 Å². The molecule has 1 aliphatic rings. The van der Waals surface area contributed by atoms with E-state index in [1.165, 1.54) is 6.26 Å². The van der Waals surface area contributed by atoms with E-state index < -0.39 is 42.6 Å². The molecule has 0 saturated carbocycles. The predicted octanol–water partition coefficient (Wildman–Crippen LogP) is 2.76. The second-order valence-electron chi connectivity index (χ2n) is 8.33. The van der Waals surface area contributed by atoms with Gasteiger partial charge in [-0.2, -0.15) is 0 Å². The van der Waals surface area contributed by atoms with Crippen LogP contribution in [0.15, 0.2) is 58.3 Å². The highest BCUT2D eigenvalue weighted by Crippen LogP contribution is 2.28. The topological polar surface area (TPSA) is 136 Å². The number of esters is 2. The Morgan fingerprint density at radius 3 is 2.43 bits per heavy atom. The van der Waals surface area contributed by atoms with Gasteiger partial charge in [0, 0.05) is 5.56 Å². The Morgan fingerprint density at radius 1 is 1.11 bits per heavy atom. The quantitative estimate of drug-likeness (QED) is 0.467. The SMILES string of the molecule is CCOC(=O)C1=C(COC(=O)[C@@H](NC(=O)c2ccc(C)cc2)C(C)C)NC(=O)NC1c1ccco1. The molecule has 2 atom stereocenters. The van der Waals surface area contributed by atoms with Crippen LogP contribution in [0, 0.1) is 12.8 Å². The number of aryl methyl sites for hydroxylation is 1. The molecule has 2 heterocycles. The molecule has 186 valence electrons. The number of amides is 3. The third-order valence-corrected chi connectivity index (χ3v) is 5.36. The smallest absolute Gasteiger partial charge is 0.338 e. The number of carbonyl (C=O) groups excluding carboxylic acids is 4. The summed E-state index contributed by atoms with van der Waals surface area (Å²) < 4.78 is 16.0. The molecule has 10 nitrogen and oxygen atoms in total. The third kappa shape index (κ3) is 6.28. The lowest BCUT2D eigenvalue weighted by Crippen LogP contribution is -2.48. The summed E-state index contributed by atoms with van der Waals surface area (Å²) in [5, 5.41) is 7.83. The van der Waals surface area contributed by atoms with Crippen molar-refractivity contribution in [2.24, 2.45) is 5.92 Å². The van der Waals surface area contributed by atoms with Crippen molar-refractivity contribution in [2.75, 3.05) is 13.2 Å². The summed E-state index contributed by atoms with van der Waals surface area (Å²) in [5.41, 5.74) is 1.53. The van der Waals surface area contributed by atoms with E-state index in [1.807, 2.05) is 6.92 Å². The first kappa shape index (κ1) is 25.5. The van der Waals surface area contributed by atoms with Crippen LogP contribution in [0.5, 0.6) is 0 Å². The predicted molar refractivity (Wildman–Crippen MR) is 125 cm³/mol. The molecule has 0 aliphatic carbocycles. The Labute approximate surface area is 203 Å². The molecule has 1 unspecified atom stereocenters. The molecule has 0 saturated heterocycles. The number of ether oxygens (including phenoxy) is 2. The summed E-state index contributed by atoms with van der Waals surface area (Å²) in [7, 11) is 0. The Balaban J connectivity index is 1.80. The van der Waals surface area contributed by atoms with Gasteiger partial charge in [-0.25, -0.2) is 14.4 Å². The number of nitrogens with one attached hydrogen (secondary N) is 3. The van der Waals surface area contributed by atoms with E-state index in [2.05, 4.69) is 16.0 Å². The maximum atomic E-state index is 12.9. The van der Waals surface area contributed by atoms with Gasteiger partial charge in [0.15, 0.2) is 0 Å². The molecule has 3 amide bonds. The van der Waals surface area contributed by atoms with Gasteiger partial charge in [0.25, 0.3) is 5.91 Å². The van der Waals surface area contributed by atoms with Gasteiger partial charge in [-0.1, -0.05) is 31.5 Å². The number of furan rings is 1. The lowest BCUT2D eigenvalue weighted by molar-refractivity contribution is -0.146. The van der Waals surface area contributed by atoms with E-state index in [4.69, 9.17) is 13.9 Å². The van der Waals surface area contributed by atoms with Crippen molar-refractivity contribution in [3.63, 3.8) is 0 Å². The van der Waals surface area contributed by atoms with Gasteiger partial charge in [0.2, 0.25) is 0 Å². The average Bonchev–Trinajstić information content (AvgIpc) is 3.35. The molecule has 35 heavy (non-hydrogen) atoms. The van der Waals surface area contributed by atoms with Crippen molar-refractivity contribution in [3.8, 4) is 0 Å². The van der Waals surface area contributed by atoms with Crippen molar-refractivity contribution in [3.05, 3.63) is 70.8 Å². The molecule has 3 N–H and O–H groups in total. The molecule has 0 spiro atoms. The van der Waals surface area contributed by atoms with Crippen molar-refractivity contribution in [1.82, 2.24) is 16.0 Å². The van der Waals surface area contributed by atoms with Gasteiger partial charge in [-0.05, 0) is 44.0 Å². The molecule has 1 aliphatic heterocycles. The second-order valence-corrected chi connectivity index (χ2v) is 8.33. The van der Waals surface area contributed by atoms with Crippen LogP contribution >= 0.6 is 0 Å². The minimum Gasteiger partial charge on any atom is -0.467 e. The number of rotatable bonds is 9. The lowest BCUT2D eigenvalue weighted by Gasteiger charge is -2.28. The molecular weight excluding hydrogens is 454 g/mol. The summed E-state index contributed by atoms with van der Waals surface area (Å²) in [6.07, 6.45) is 1.41. The van der Waals surface area contributed by atoms with Crippen LogP contribution in [0.2, 0.25) is 0 Å². The first-order valence-electron chi connectivity index (χ1n) is 11.3. The number of hydrogen-bond acceptors (Lipinski definition) is 7. The molecule has 0 radical (unpaired) electrons. The normalized spacial score (nSPS) is 16.3. The number of benzene rings is 1. The van der Waals surface area contributed by atoms with Crippen LogP contribution in [0.4, 0.5) is 4.79 Å². The first-order valence-corrected chi connectivity index (χ1v) is 11.3. The maximum absolute atomic E-state index is 12.9. The second kappa shape index (κ2) is 11.4. The number of hydrogen-bond donors (Lipinski definition) is 3. The average molecular weight is 484 g/mol. The summed E-state index contributed by atoms with van der Waals surface area (Å²) >= 11 is 0. The summed E-state index contributed by atoms with van der Waals surface area (Å²) in [6.45, 7) is 6.79. The first-order chi connectivity index (χ1) is 16.7.